The Labute approximate surface area is 199 Å². The molecule has 5 nitrogen and oxygen atoms in total. The van der Waals surface area contributed by atoms with Gasteiger partial charge in [0.05, 0.1) is 12.3 Å². The molecule has 2 aromatic rings. The summed E-state index contributed by atoms with van der Waals surface area (Å²) in [4.78, 5) is 9.77. The Morgan fingerprint density at radius 2 is 1.61 bits per heavy atom. The zero-order valence-corrected chi connectivity index (χ0v) is 20.8. The van der Waals surface area contributed by atoms with Crippen molar-refractivity contribution in [2.75, 3.05) is 44.3 Å². The third-order valence-electron chi connectivity index (χ3n) is 7.94. The molecule has 1 aromatic carbocycles. The predicted octanol–water partition coefficient (Wildman–Crippen LogP) is 4.35. The minimum absolute atomic E-state index is 0.140. The molecule has 2 N–H and O–H groups in total. The molecule has 1 aliphatic carbocycles. The molecule has 2 heterocycles. The van der Waals surface area contributed by atoms with Crippen LogP contribution in [-0.2, 0) is 10.8 Å². The van der Waals surface area contributed by atoms with E-state index in [1.54, 1.807) is 0 Å². The fraction of sp³-hybridized carbons (Fsp3) is 0.607. The molecule has 1 unspecified atom stereocenters. The second kappa shape index (κ2) is 9.73. The number of rotatable bonds is 7. The van der Waals surface area contributed by atoms with E-state index in [4.69, 9.17) is 10.1 Å². The highest BCUT2D eigenvalue weighted by Crippen LogP contribution is 2.46. The summed E-state index contributed by atoms with van der Waals surface area (Å²) in [6, 6.07) is 13.5. The van der Waals surface area contributed by atoms with E-state index < -0.39 is 0 Å². The largest absolute Gasteiger partial charge is 0.396 e. The summed E-state index contributed by atoms with van der Waals surface area (Å²) in [5.74, 6) is 1.03. The van der Waals surface area contributed by atoms with Crippen molar-refractivity contribution in [2.24, 2.45) is 0 Å². The number of benzene rings is 1. The molecular weight excluding hydrogens is 410 g/mol. The molecule has 0 radical (unpaired) electrons. The van der Waals surface area contributed by atoms with Crippen molar-refractivity contribution >= 4 is 5.82 Å². The maximum Gasteiger partial charge on any atom is 0.129 e. The van der Waals surface area contributed by atoms with E-state index in [0.717, 1.165) is 50.5 Å². The highest BCUT2D eigenvalue weighted by Gasteiger charge is 2.37. The summed E-state index contributed by atoms with van der Waals surface area (Å²) in [7, 11) is 0. The van der Waals surface area contributed by atoms with Gasteiger partial charge in [0.15, 0.2) is 0 Å². The number of fused-ring (bicyclic) bond motifs is 1. The van der Waals surface area contributed by atoms with Crippen molar-refractivity contribution in [1.82, 2.24) is 9.88 Å². The van der Waals surface area contributed by atoms with Crippen LogP contribution in [0.1, 0.15) is 64.5 Å². The Morgan fingerprint density at radius 1 is 0.909 bits per heavy atom. The van der Waals surface area contributed by atoms with Crippen molar-refractivity contribution in [3.8, 4) is 11.3 Å². The van der Waals surface area contributed by atoms with Gasteiger partial charge in [0, 0.05) is 44.4 Å². The van der Waals surface area contributed by atoms with Crippen LogP contribution in [0.4, 0.5) is 5.82 Å². The number of piperazine rings is 1. The molecule has 1 fully saturated rings. The Balaban J connectivity index is 1.52. The molecule has 1 saturated heterocycles. The molecule has 180 valence electrons. The zero-order chi connectivity index (χ0) is 23.6. The number of nitrogens with zero attached hydrogens (tertiary/aromatic N) is 3. The Kier molecular flexibility index (Phi) is 7.13. The quantitative estimate of drug-likeness (QED) is 0.655. The molecule has 1 aromatic heterocycles. The van der Waals surface area contributed by atoms with Crippen molar-refractivity contribution in [2.45, 2.75) is 70.3 Å². The van der Waals surface area contributed by atoms with Crippen LogP contribution in [0.5, 0.6) is 0 Å². The second-order valence-electron chi connectivity index (χ2n) is 11.1. The monoisotopic (exact) mass is 451 g/mol. The summed E-state index contributed by atoms with van der Waals surface area (Å²) >= 11 is 0. The molecule has 33 heavy (non-hydrogen) atoms. The number of pyridine rings is 1. The maximum absolute atomic E-state index is 9.75. The molecule has 0 bridgehead atoms. The third kappa shape index (κ3) is 5.11. The van der Waals surface area contributed by atoms with Crippen LogP contribution < -0.4 is 4.90 Å². The lowest BCUT2D eigenvalue weighted by molar-refractivity contribution is 0.104. The SMILES string of the molecule is CC1(C)CCC(C)(C)c2cc(-c3cccc(N4CCN(C(CO)CCCO)CC4)n3)ccc21. The van der Waals surface area contributed by atoms with Gasteiger partial charge in [-0.3, -0.25) is 4.90 Å². The average molecular weight is 452 g/mol. The summed E-state index contributed by atoms with van der Waals surface area (Å²) in [5, 5.41) is 18.9. The van der Waals surface area contributed by atoms with Crippen LogP contribution in [0, 0.1) is 0 Å². The molecule has 4 rings (SSSR count). The highest BCUT2D eigenvalue weighted by molar-refractivity contribution is 5.65. The lowest BCUT2D eigenvalue weighted by Crippen LogP contribution is -2.51. The number of aliphatic hydroxyl groups excluding tert-OH is 2. The minimum Gasteiger partial charge on any atom is -0.396 e. The fourth-order valence-corrected chi connectivity index (χ4v) is 5.54. The predicted molar refractivity (Wildman–Crippen MR) is 136 cm³/mol. The molecule has 2 aliphatic rings. The van der Waals surface area contributed by atoms with Crippen LogP contribution >= 0.6 is 0 Å². The number of anilines is 1. The van der Waals surface area contributed by atoms with E-state index in [1.807, 2.05) is 0 Å². The van der Waals surface area contributed by atoms with Crippen molar-refractivity contribution in [3.05, 3.63) is 47.5 Å². The maximum atomic E-state index is 9.75. The number of hydrogen-bond donors (Lipinski definition) is 2. The normalized spacial score (nSPS) is 21.0. The van der Waals surface area contributed by atoms with Gasteiger partial charge in [0.1, 0.15) is 5.82 Å². The Bertz CT molecular complexity index is 948. The van der Waals surface area contributed by atoms with E-state index in [1.165, 1.54) is 29.5 Å². The van der Waals surface area contributed by atoms with Gasteiger partial charge in [-0.05, 0) is 65.8 Å². The van der Waals surface area contributed by atoms with Crippen LogP contribution in [0.3, 0.4) is 0 Å². The number of aliphatic hydroxyl groups is 2. The number of aromatic nitrogens is 1. The van der Waals surface area contributed by atoms with E-state index in [0.29, 0.717) is 0 Å². The molecule has 0 spiro atoms. The van der Waals surface area contributed by atoms with Gasteiger partial charge in [-0.2, -0.15) is 0 Å². The summed E-state index contributed by atoms with van der Waals surface area (Å²) in [6.07, 6.45) is 4.01. The van der Waals surface area contributed by atoms with Crippen molar-refractivity contribution in [3.63, 3.8) is 0 Å². The van der Waals surface area contributed by atoms with Gasteiger partial charge >= 0.3 is 0 Å². The lowest BCUT2D eigenvalue weighted by Gasteiger charge is -2.42. The summed E-state index contributed by atoms with van der Waals surface area (Å²) in [5.41, 5.74) is 5.59. The first-order chi connectivity index (χ1) is 15.7. The first kappa shape index (κ1) is 24.2. The van der Waals surface area contributed by atoms with Gasteiger partial charge in [-0.15, -0.1) is 0 Å². The van der Waals surface area contributed by atoms with Crippen LogP contribution in [0.2, 0.25) is 0 Å². The van der Waals surface area contributed by atoms with Gasteiger partial charge in [-0.25, -0.2) is 4.98 Å². The van der Waals surface area contributed by atoms with E-state index >= 15 is 0 Å². The zero-order valence-electron chi connectivity index (χ0n) is 20.8. The Hall–Kier alpha value is -1.95. The lowest BCUT2D eigenvalue weighted by atomic mass is 9.63. The number of hydrogen-bond acceptors (Lipinski definition) is 5. The van der Waals surface area contributed by atoms with Crippen LogP contribution in [0.15, 0.2) is 36.4 Å². The standard InChI is InChI=1S/C28H41N3O2/c1-27(2)12-13-28(3,4)24-19-21(10-11-23(24)27)25-8-5-9-26(29-25)31-16-14-30(15-17-31)22(20-33)7-6-18-32/h5,8-11,19,22,32-33H,6-7,12-18,20H2,1-4H3. The third-order valence-corrected chi connectivity index (χ3v) is 7.94. The molecule has 1 aliphatic heterocycles. The van der Waals surface area contributed by atoms with Crippen molar-refractivity contribution in [1.29, 1.82) is 0 Å². The summed E-state index contributed by atoms with van der Waals surface area (Å²) in [6.45, 7) is 13.4. The summed E-state index contributed by atoms with van der Waals surface area (Å²) < 4.78 is 0. The Morgan fingerprint density at radius 3 is 2.27 bits per heavy atom. The smallest absolute Gasteiger partial charge is 0.129 e. The second-order valence-corrected chi connectivity index (χ2v) is 11.1. The van der Waals surface area contributed by atoms with E-state index in [2.05, 4.69) is 73.9 Å². The topological polar surface area (TPSA) is 59.8 Å². The van der Waals surface area contributed by atoms with Crippen LogP contribution in [0.25, 0.3) is 11.3 Å². The van der Waals surface area contributed by atoms with Crippen molar-refractivity contribution < 1.29 is 10.2 Å². The van der Waals surface area contributed by atoms with Gasteiger partial charge in [0.2, 0.25) is 0 Å². The highest BCUT2D eigenvalue weighted by atomic mass is 16.3. The van der Waals surface area contributed by atoms with Crippen LogP contribution in [-0.4, -0.2) is 65.5 Å². The van der Waals surface area contributed by atoms with Gasteiger partial charge in [0.25, 0.3) is 0 Å². The fourth-order valence-electron chi connectivity index (χ4n) is 5.54. The molecule has 0 amide bonds. The average Bonchev–Trinajstić information content (AvgIpc) is 2.83. The first-order valence-electron chi connectivity index (χ1n) is 12.6. The molecule has 5 heteroatoms. The first-order valence-corrected chi connectivity index (χ1v) is 12.6. The minimum atomic E-state index is 0.140. The van der Waals surface area contributed by atoms with E-state index in [9.17, 15) is 5.11 Å². The molecule has 0 saturated carbocycles. The van der Waals surface area contributed by atoms with Gasteiger partial charge in [-0.1, -0.05) is 45.9 Å². The molecular formula is C28H41N3O2. The van der Waals surface area contributed by atoms with E-state index in [-0.39, 0.29) is 30.1 Å². The van der Waals surface area contributed by atoms with Gasteiger partial charge < -0.3 is 15.1 Å². The molecule has 1 atom stereocenters.